The molecule has 0 unspecified atom stereocenters. The highest BCUT2D eigenvalue weighted by Gasteiger charge is 2.16. The van der Waals surface area contributed by atoms with Gasteiger partial charge in [0.2, 0.25) is 0 Å². The van der Waals surface area contributed by atoms with E-state index in [1.54, 1.807) is 6.20 Å². The summed E-state index contributed by atoms with van der Waals surface area (Å²) >= 11 is 0. The highest BCUT2D eigenvalue weighted by atomic mass is 16.4. The molecule has 4 rings (SSSR count). The third kappa shape index (κ3) is 2.48. The number of pyridine rings is 2. The summed E-state index contributed by atoms with van der Waals surface area (Å²) in [6, 6.07) is 16.0. The summed E-state index contributed by atoms with van der Waals surface area (Å²) in [6.07, 6.45) is 1.80. The number of benzene rings is 1. The fourth-order valence-electron chi connectivity index (χ4n) is 2.69. The largest absolute Gasteiger partial charge is 0.439 e. The SMILES string of the molecule is Cc1cccc(-c2oc(C)nc2-c2ccc3ncccc3c2)n1. The van der Waals surface area contributed by atoms with Crippen LogP contribution in [0.2, 0.25) is 0 Å². The van der Waals surface area contributed by atoms with Crippen molar-refractivity contribution >= 4 is 10.9 Å². The molecule has 0 aliphatic heterocycles. The number of fused-ring (bicyclic) bond motifs is 1. The molecule has 4 nitrogen and oxygen atoms in total. The average Bonchev–Trinajstić information content (AvgIpc) is 2.96. The summed E-state index contributed by atoms with van der Waals surface area (Å²) in [4.78, 5) is 13.5. The van der Waals surface area contributed by atoms with Crippen LogP contribution in [0.25, 0.3) is 33.6 Å². The number of nitrogens with zero attached hydrogens (tertiary/aromatic N) is 3. The molecule has 0 amide bonds. The van der Waals surface area contributed by atoms with Crippen molar-refractivity contribution in [1.82, 2.24) is 15.0 Å². The Morgan fingerprint density at radius 2 is 1.83 bits per heavy atom. The van der Waals surface area contributed by atoms with Gasteiger partial charge in [0.05, 0.1) is 5.52 Å². The molecule has 1 aromatic carbocycles. The van der Waals surface area contributed by atoms with Gasteiger partial charge in [0.15, 0.2) is 11.7 Å². The molecule has 0 fully saturated rings. The van der Waals surface area contributed by atoms with Crippen LogP contribution in [0.4, 0.5) is 0 Å². The molecule has 0 spiro atoms. The van der Waals surface area contributed by atoms with Crippen LogP contribution in [0.1, 0.15) is 11.6 Å². The highest BCUT2D eigenvalue weighted by molar-refractivity contribution is 5.86. The van der Waals surface area contributed by atoms with Gasteiger partial charge < -0.3 is 4.42 Å². The van der Waals surface area contributed by atoms with Crippen LogP contribution in [0.3, 0.4) is 0 Å². The molecule has 0 atom stereocenters. The van der Waals surface area contributed by atoms with E-state index in [-0.39, 0.29) is 0 Å². The molecule has 0 N–H and O–H groups in total. The first-order chi connectivity index (χ1) is 11.2. The number of hydrogen-bond acceptors (Lipinski definition) is 4. The first-order valence-electron chi connectivity index (χ1n) is 7.47. The first kappa shape index (κ1) is 13.6. The van der Waals surface area contributed by atoms with E-state index < -0.39 is 0 Å². The smallest absolute Gasteiger partial charge is 0.192 e. The lowest BCUT2D eigenvalue weighted by Gasteiger charge is -2.03. The summed E-state index contributed by atoms with van der Waals surface area (Å²) in [5, 5.41) is 1.08. The molecular formula is C19H15N3O. The zero-order valence-electron chi connectivity index (χ0n) is 12.9. The van der Waals surface area contributed by atoms with Crippen LogP contribution in [0.5, 0.6) is 0 Å². The molecule has 0 bridgehead atoms. The summed E-state index contributed by atoms with van der Waals surface area (Å²) in [7, 11) is 0. The Labute approximate surface area is 133 Å². The Morgan fingerprint density at radius 1 is 0.913 bits per heavy atom. The molecule has 0 radical (unpaired) electrons. The third-order valence-electron chi connectivity index (χ3n) is 3.73. The second kappa shape index (κ2) is 5.32. The van der Waals surface area contributed by atoms with E-state index in [0.717, 1.165) is 33.5 Å². The maximum Gasteiger partial charge on any atom is 0.192 e. The van der Waals surface area contributed by atoms with Crippen LogP contribution < -0.4 is 0 Å². The topological polar surface area (TPSA) is 51.8 Å². The van der Waals surface area contributed by atoms with Gasteiger partial charge >= 0.3 is 0 Å². The number of aromatic nitrogens is 3. The fraction of sp³-hybridized carbons (Fsp3) is 0.105. The van der Waals surface area contributed by atoms with Crippen molar-refractivity contribution in [1.29, 1.82) is 0 Å². The molecule has 4 aromatic rings. The minimum atomic E-state index is 0.629. The predicted octanol–water partition coefficient (Wildman–Crippen LogP) is 4.57. The van der Waals surface area contributed by atoms with Gasteiger partial charge in [0, 0.05) is 29.8 Å². The van der Waals surface area contributed by atoms with Crippen LogP contribution >= 0.6 is 0 Å². The predicted molar refractivity (Wildman–Crippen MR) is 89.9 cm³/mol. The van der Waals surface area contributed by atoms with E-state index in [9.17, 15) is 0 Å². The summed E-state index contributed by atoms with van der Waals surface area (Å²) in [5.74, 6) is 1.33. The van der Waals surface area contributed by atoms with Crippen molar-refractivity contribution in [2.75, 3.05) is 0 Å². The zero-order valence-corrected chi connectivity index (χ0v) is 12.9. The lowest BCUT2D eigenvalue weighted by molar-refractivity contribution is 0.532. The molecule has 23 heavy (non-hydrogen) atoms. The lowest BCUT2D eigenvalue weighted by atomic mass is 10.1. The van der Waals surface area contributed by atoms with Gasteiger partial charge in [-0.15, -0.1) is 0 Å². The Kier molecular flexibility index (Phi) is 3.15. The molecule has 4 heteroatoms. The maximum atomic E-state index is 5.83. The van der Waals surface area contributed by atoms with Crippen LogP contribution in [0.15, 0.2) is 59.1 Å². The van der Waals surface area contributed by atoms with Crippen molar-refractivity contribution in [2.45, 2.75) is 13.8 Å². The molecule has 3 heterocycles. The minimum absolute atomic E-state index is 0.629. The van der Waals surface area contributed by atoms with Gasteiger partial charge in [-0.05, 0) is 37.3 Å². The van der Waals surface area contributed by atoms with Gasteiger partial charge in [-0.3, -0.25) is 4.98 Å². The Bertz CT molecular complexity index is 1000. The second-order valence-corrected chi connectivity index (χ2v) is 5.49. The van der Waals surface area contributed by atoms with E-state index in [2.05, 4.69) is 21.0 Å². The third-order valence-corrected chi connectivity index (χ3v) is 3.73. The molecule has 112 valence electrons. The highest BCUT2D eigenvalue weighted by Crippen LogP contribution is 2.32. The van der Waals surface area contributed by atoms with Gasteiger partial charge in [0.25, 0.3) is 0 Å². The van der Waals surface area contributed by atoms with E-state index in [1.807, 2.05) is 56.3 Å². The minimum Gasteiger partial charge on any atom is -0.439 e. The van der Waals surface area contributed by atoms with Gasteiger partial charge in [-0.25, -0.2) is 9.97 Å². The quantitative estimate of drug-likeness (QED) is 0.544. The Balaban J connectivity index is 1.91. The first-order valence-corrected chi connectivity index (χ1v) is 7.47. The number of aryl methyl sites for hydroxylation is 2. The standard InChI is InChI=1S/C19H15N3O/c1-12-5-3-7-17(21-12)19-18(22-13(2)23-19)15-8-9-16-14(11-15)6-4-10-20-16/h3-11H,1-2H3. The molecule has 0 aliphatic carbocycles. The summed E-state index contributed by atoms with van der Waals surface area (Å²) in [5.41, 5.74) is 4.52. The van der Waals surface area contributed by atoms with Crippen molar-refractivity contribution in [3.8, 4) is 22.7 Å². The molecule has 0 saturated heterocycles. The van der Waals surface area contributed by atoms with Crippen molar-refractivity contribution in [3.63, 3.8) is 0 Å². The Hall–Kier alpha value is -3.01. The van der Waals surface area contributed by atoms with E-state index in [4.69, 9.17) is 4.42 Å². The molecular weight excluding hydrogens is 286 g/mol. The van der Waals surface area contributed by atoms with Crippen molar-refractivity contribution in [3.05, 3.63) is 66.3 Å². The summed E-state index contributed by atoms with van der Waals surface area (Å²) in [6.45, 7) is 3.82. The maximum absolute atomic E-state index is 5.83. The van der Waals surface area contributed by atoms with Crippen LogP contribution in [0, 0.1) is 13.8 Å². The fourth-order valence-corrected chi connectivity index (χ4v) is 2.69. The van der Waals surface area contributed by atoms with E-state index in [0.29, 0.717) is 11.7 Å². The van der Waals surface area contributed by atoms with Crippen LogP contribution in [-0.2, 0) is 0 Å². The van der Waals surface area contributed by atoms with Crippen molar-refractivity contribution in [2.24, 2.45) is 0 Å². The molecule has 0 saturated carbocycles. The summed E-state index contributed by atoms with van der Waals surface area (Å²) < 4.78 is 5.83. The van der Waals surface area contributed by atoms with E-state index in [1.165, 1.54) is 0 Å². The Morgan fingerprint density at radius 3 is 2.70 bits per heavy atom. The van der Waals surface area contributed by atoms with Gasteiger partial charge in [-0.1, -0.05) is 18.2 Å². The molecule has 0 aliphatic rings. The second-order valence-electron chi connectivity index (χ2n) is 5.49. The zero-order chi connectivity index (χ0) is 15.8. The monoisotopic (exact) mass is 301 g/mol. The average molecular weight is 301 g/mol. The van der Waals surface area contributed by atoms with Crippen LogP contribution in [-0.4, -0.2) is 15.0 Å². The van der Waals surface area contributed by atoms with Crippen molar-refractivity contribution < 1.29 is 4.42 Å². The van der Waals surface area contributed by atoms with Gasteiger partial charge in [0.1, 0.15) is 11.4 Å². The number of rotatable bonds is 2. The molecule has 3 aromatic heterocycles. The lowest BCUT2D eigenvalue weighted by Crippen LogP contribution is -1.88. The number of oxazole rings is 1. The number of hydrogen-bond donors (Lipinski definition) is 0. The van der Waals surface area contributed by atoms with E-state index >= 15 is 0 Å². The van der Waals surface area contributed by atoms with Gasteiger partial charge in [-0.2, -0.15) is 0 Å². The normalized spacial score (nSPS) is 11.0.